The van der Waals surface area contributed by atoms with Crippen LogP contribution in [0, 0.1) is 0 Å². The summed E-state index contributed by atoms with van der Waals surface area (Å²) in [6.07, 6.45) is 3.08. The first-order valence-electron chi connectivity index (χ1n) is 7.44. The molecule has 4 rings (SSSR count). The summed E-state index contributed by atoms with van der Waals surface area (Å²) in [4.78, 5) is 32.8. The van der Waals surface area contributed by atoms with E-state index in [0.717, 1.165) is 0 Å². The lowest BCUT2D eigenvalue weighted by Gasteiger charge is -2.04. The Balaban J connectivity index is 1.56. The molecule has 0 saturated carbocycles. The number of fused-ring (bicyclic) bond motifs is 1. The maximum absolute atomic E-state index is 12.5. The molecule has 25 heavy (non-hydrogen) atoms. The number of nitrogens with zero attached hydrogens (tertiary/aromatic N) is 3. The minimum absolute atomic E-state index is 0.157. The van der Waals surface area contributed by atoms with Crippen LogP contribution in [0.15, 0.2) is 63.5 Å². The molecule has 0 bridgehead atoms. The highest BCUT2D eigenvalue weighted by molar-refractivity contribution is 7.13. The van der Waals surface area contributed by atoms with Crippen LogP contribution in [0.5, 0.6) is 0 Å². The van der Waals surface area contributed by atoms with Gasteiger partial charge in [-0.05, 0) is 24.3 Å². The van der Waals surface area contributed by atoms with Crippen LogP contribution in [0.3, 0.4) is 0 Å². The maximum atomic E-state index is 12.5. The van der Waals surface area contributed by atoms with Crippen molar-refractivity contribution in [1.82, 2.24) is 14.5 Å². The Hall–Kier alpha value is -3.26. The summed E-state index contributed by atoms with van der Waals surface area (Å²) in [7, 11) is 0. The highest BCUT2D eigenvalue weighted by Gasteiger charge is 2.13. The molecule has 1 aromatic carbocycles. The minimum atomic E-state index is -0.384. The number of aromatic nitrogens is 3. The molecule has 1 amide bonds. The van der Waals surface area contributed by atoms with Gasteiger partial charge < -0.3 is 4.42 Å². The van der Waals surface area contributed by atoms with Gasteiger partial charge in [0.2, 0.25) is 0 Å². The Morgan fingerprint density at radius 1 is 1.20 bits per heavy atom. The molecule has 0 aliphatic carbocycles. The van der Waals surface area contributed by atoms with Gasteiger partial charge in [-0.25, -0.2) is 9.97 Å². The summed E-state index contributed by atoms with van der Waals surface area (Å²) >= 11 is 1.32. The van der Waals surface area contributed by atoms with Gasteiger partial charge in [0.25, 0.3) is 11.5 Å². The fraction of sp³-hybridized carbons (Fsp3) is 0.0588. The van der Waals surface area contributed by atoms with Crippen molar-refractivity contribution in [3.05, 3.63) is 76.2 Å². The third-order valence-electron chi connectivity index (χ3n) is 3.60. The van der Waals surface area contributed by atoms with E-state index >= 15 is 0 Å². The summed E-state index contributed by atoms with van der Waals surface area (Å²) in [6.45, 7) is 0.196. The van der Waals surface area contributed by atoms with Crippen molar-refractivity contribution in [3.8, 4) is 0 Å². The third-order valence-corrected chi connectivity index (χ3v) is 4.28. The topological polar surface area (TPSA) is 90.0 Å². The van der Waals surface area contributed by atoms with Crippen LogP contribution in [0.1, 0.15) is 16.3 Å². The van der Waals surface area contributed by atoms with Crippen LogP contribution in [-0.4, -0.2) is 20.4 Å². The van der Waals surface area contributed by atoms with Gasteiger partial charge >= 0.3 is 0 Å². The standard InChI is InChI=1S/C17H12N4O3S/c22-15(20-17-18-7-8-25-17)14-6-5-11(24-14)9-21-10-19-13-4-2-1-3-12(13)16(21)23/h1-8,10H,9H2,(H,18,20,22). The van der Waals surface area contributed by atoms with Crippen LogP contribution in [0.2, 0.25) is 0 Å². The molecule has 0 radical (unpaired) electrons. The Bertz CT molecular complexity index is 1100. The molecule has 7 nitrogen and oxygen atoms in total. The molecule has 124 valence electrons. The molecule has 0 saturated heterocycles. The lowest BCUT2D eigenvalue weighted by molar-refractivity contribution is 0.0994. The summed E-state index contributed by atoms with van der Waals surface area (Å²) in [5, 5.41) is 5.45. The minimum Gasteiger partial charge on any atom is -0.454 e. The second-order valence-electron chi connectivity index (χ2n) is 5.25. The van der Waals surface area contributed by atoms with Crippen molar-refractivity contribution >= 4 is 33.3 Å². The zero-order chi connectivity index (χ0) is 17.2. The molecular weight excluding hydrogens is 340 g/mol. The molecule has 3 heterocycles. The first kappa shape index (κ1) is 15.3. The first-order valence-corrected chi connectivity index (χ1v) is 8.32. The molecule has 0 atom stereocenters. The van der Waals surface area contributed by atoms with Crippen molar-refractivity contribution in [2.75, 3.05) is 5.32 Å². The van der Waals surface area contributed by atoms with Gasteiger partial charge in [0.05, 0.1) is 23.8 Å². The number of nitrogens with one attached hydrogen (secondary N) is 1. The summed E-state index contributed by atoms with van der Waals surface area (Å²) in [5.41, 5.74) is 0.488. The van der Waals surface area contributed by atoms with Crippen molar-refractivity contribution in [2.45, 2.75) is 6.54 Å². The van der Waals surface area contributed by atoms with Crippen LogP contribution in [-0.2, 0) is 6.54 Å². The highest BCUT2D eigenvalue weighted by Crippen LogP contribution is 2.15. The number of carbonyl (C=O) groups excluding carboxylic acids is 1. The van der Waals surface area contributed by atoms with E-state index in [1.807, 2.05) is 6.07 Å². The molecule has 0 fully saturated rings. The third kappa shape index (κ3) is 3.07. The highest BCUT2D eigenvalue weighted by atomic mass is 32.1. The molecule has 0 aliphatic rings. The number of para-hydroxylation sites is 1. The van der Waals surface area contributed by atoms with E-state index in [9.17, 15) is 9.59 Å². The number of benzene rings is 1. The number of hydrogen-bond donors (Lipinski definition) is 1. The SMILES string of the molecule is O=C(Nc1nccs1)c1ccc(Cn2cnc3ccccc3c2=O)o1. The van der Waals surface area contributed by atoms with Gasteiger partial charge in [-0.15, -0.1) is 11.3 Å². The smallest absolute Gasteiger partial charge is 0.293 e. The number of anilines is 1. The lowest BCUT2D eigenvalue weighted by Crippen LogP contribution is -2.20. The van der Waals surface area contributed by atoms with E-state index in [1.54, 1.807) is 41.9 Å². The monoisotopic (exact) mass is 352 g/mol. The predicted octanol–water partition coefficient (Wildman–Crippen LogP) is 2.75. The Labute approximate surface area is 145 Å². The second kappa shape index (κ2) is 6.33. The van der Waals surface area contributed by atoms with Crippen molar-refractivity contribution in [1.29, 1.82) is 0 Å². The summed E-state index contributed by atoms with van der Waals surface area (Å²) < 4.78 is 6.99. The van der Waals surface area contributed by atoms with Crippen molar-refractivity contribution < 1.29 is 9.21 Å². The number of thiazole rings is 1. The average Bonchev–Trinajstić information content (AvgIpc) is 3.29. The van der Waals surface area contributed by atoms with Gasteiger partial charge in [-0.3, -0.25) is 19.5 Å². The lowest BCUT2D eigenvalue weighted by atomic mass is 10.2. The number of rotatable bonds is 4. The molecule has 8 heteroatoms. The van der Waals surface area contributed by atoms with E-state index in [4.69, 9.17) is 4.42 Å². The van der Waals surface area contributed by atoms with E-state index in [2.05, 4.69) is 15.3 Å². The summed E-state index contributed by atoms with van der Waals surface area (Å²) in [5.74, 6) is 0.264. The zero-order valence-corrected chi connectivity index (χ0v) is 13.7. The maximum Gasteiger partial charge on any atom is 0.293 e. The quantitative estimate of drug-likeness (QED) is 0.610. The summed E-state index contributed by atoms with van der Waals surface area (Å²) in [6, 6.07) is 10.4. The van der Waals surface area contributed by atoms with Gasteiger partial charge in [-0.2, -0.15) is 0 Å². The Morgan fingerprint density at radius 2 is 2.08 bits per heavy atom. The number of amides is 1. The van der Waals surface area contributed by atoms with Gasteiger partial charge in [0.1, 0.15) is 5.76 Å². The number of furan rings is 1. The van der Waals surface area contributed by atoms with Crippen molar-refractivity contribution in [2.24, 2.45) is 0 Å². The number of hydrogen-bond acceptors (Lipinski definition) is 6. The zero-order valence-electron chi connectivity index (χ0n) is 12.9. The second-order valence-corrected chi connectivity index (χ2v) is 6.15. The fourth-order valence-corrected chi connectivity index (χ4v) is 2.94. The van der Waals surface area contributed by atoms with E-state index in [0.29, 0.717) is 21.8 Å². The predicted molar refractivity (Wildman–Crippen MR) is 93.9 cm³/mol. The van der Waals surface area contributed by atoms with Crippen LogP contribution in [0.25, 0.3) is 10.9 Å². The molecule has 0 unspecified atom stereocenters. The fourth-order valence-electron chi connectivity index (χ4n) is 2.42. The molecule has 0 aliphatic heterocycles. The average molecular weight is 352 g/mol. The normalized spacial score (nSPS) is 10.9. The molecule has 3 aromatic heterocycles. The number of carbonyl (C=O) groups is 1. The van der Waals surface area contributed by atoms with Crippen LogP contribution in [0.4, 0.5) is 5.13 Å². The molecular formula is C17H12N4O3S. The van der Waals surface area contributed by atoms with Gasteiger partial charge in [0, 0.05) is 11.6 Å². The largest absolute Gasteiger partial charge is 0.454 e. The van der Waals surface area contributed by atoms with Gasteiger partial charge in [-0.1, -0.05) is 12.1 Å². The van der Waals surface area contributed by atoms with Crippen molar-refractivity contribution in [3.63, 3.8) is 0 Å². The Kier molecular flexibility index (Phi) is 3.87. The first-order chi connectivity index (χ1) is 12.2. The van der Waals surface area contributed by atoms with Gasteiger partial charge in [0.15, 0.2) is 10.9 Å². The van der Waals surface area contributed by atoms with E-state index < -0.39 is 0 Å². The van der Waals surface area contributed by atoms with Crippen LogP contribution < -0.4 is 10.9 Å². The molecule has 0 spiro atoms. The molecule has 4 aromatic rings. The van der Waals surface area contributed by atoms with E-state index in [-0.39, 0.29) is 23.8 Å². The van der Waals surface area contributed by atoms with E-state index in [1.165, 1.54) is 22.2 Å². The van der Waals surface area contributed by atoms with Crippen LogP contribution >= 0.6 is 11.3 Å². The Morgan fingerprint density at radius 3 is 2.92 bits per heavy atom. The molecule has 1 N–H and O–H groups in total.